The zero-order valence-corrected chi connectivity index (χ0v) is 12.9. The third-order valence-electron chi connectivity index (χ3n) is 3.22. The average Bonchev–Trinajstić information content (AvgIpc) is 3.11. The smallest absolute Gasteiger partial charge is 0.107 e. The van der Waals surface area contributed by atoms with Crippen molar-refractivity contribution in [2.75, 3.05) is 13.1 Å². The van der Waals surface area contributed by atoms with Gasteiger partial charge in [0.05, 0.1) is 5.69 Å². The number of rotatable bonds is 9. The quantitative estimate of drug-likeness (QED) is 0.704. The molecule has 0 amide bonds. The fourth-order valence-electron chi connectivity index (χ4n) is 2.13. The lowest BCUT2D eigenvalue weighted by Crippen LogP contribution is -2.25. The van der Waals surface area contributed by atoms with Crippen molar-refractivity contribution in [1.82, 2.24) is 15.2 Å². The van der Waals surface area contributed by atoms with Crippen LogP contribution in [0.2, 0.25) is 0 Å². The van der Waals surface area contributed by atoms with E-state index in [9.17, 15) is 0 Å². The Morgan fingerprint density at radius 1 is 1.58 bits per heavy atom. The molecule has 1 fully saturated rings. The van der Waals surface area contributed by atoms with Crippen molar-refractivity contribution >= 4 is 11.3 Å². The monoisotopic (exact) mass is 279 g/mol. The SMILES string of the molecule is C=CCN(Cc1csc(CNCC(C)C)n1)C1CC1. The summed E-state index contributed by atoms with van der Waals surface area (Å²) in [5.41, 5.74) is 1.21. The molecule has 0 spiro atoms. The van der Waals surface area contributed by atoms with Crippen molar-refractivity contribution in [2.24, 2.45) is 5.92 Å². The van der Waals surface area contributed by atoms with Gasteiger partial charge in [-0.15, -0.1) is 17.9 Å². The first-order valence-corrected chi connectivity index (χ1v) is 8.06. The summed E-state index contributed by atoms with van der Waals surface area (Å²) in [6, 6.07) is 0.766. The van der Waals surface area contributed by atoms with E-state index in [2.05, 4.69) is 36.0 Å². The lowest BCUT2D eigenvalue weighted by molar-refractivity contribution is 0.281. The van der Waals surface area contributed by atoms with Crippen LogP contribution in [0, 0.1) is 5.92 Å². The zero-order chi connectivity index (χ0) is 13.7. The Morgan fingerprint density at radius 3 is 3.00 bits per heavy atom. The van der Waals surface area contributed by atoms with Gasteiger partial charge in [0.2, 0.25) is 0 Å². The van der Waals surface area contributed by atoms with Crippen molar-refractivity contribution in [2.45, 2.75) is 45.8 Å². The van der Waals surface area contributed by atoms with E-state index in [1.807, 2.05) is 6.08 Å². The number of nitrogens with one attached hydrogen (secondary N) is 1. The highest BCUT2D eigenvalue weighted by molar-refractivity contribution is 7.09. The van der Waals surface area contributed by atoms with Gasteiger partial charge in [0, 0.05) is 31.1 Å². The van der Waals surface area contributed by atoms with Gasteiger partial charge >= 0.3 is 0 Å². The normalized spacial score (nSPS) is 15.4. The molecular formula is C15H25N3S. The number of hydrogen-bond acceptors (Lipinski definition) is 4. The van der Waals surface area contributed by atoms with Gasteiger partial charge < -0.3 is 5.32 Å². The first kappa shape index (κ1) is 14.7. The van der Waals surface area contributed by atoms with Crippen LogP contribution in [0.4, 0.5) is 0 Å². The fourth-order valence-corrected chi connectivity index (χ4v) is 2.88. The number of hydrogen-bond donors (Lipinski definition) is 1. The predicted molar refractivity (Wildman–Crippen MR) is 82.3 cm³/mol. The lowest BCUT2D eigenvalue weighted by atomic mass is 10.2. The molecule has 0 atom stereocenters. The maximum Gasteiger partial charge on any atom is 0.107 e. The summed E-state index contributed by atoms with van der Waals surface area (Å²) in [4.78, 5) is 7.20. The number of thiazole rings is 1. The molecular weight excluding hydrogens is 254 g/mol. The molecule has 4 heteroatoms. The Kier molecular flexibility index (Phi) is 5.55. The van der Waals surface area contributed by atoms with Crippen LogP contribution in [0.3, 0.4) is 0 Å². The van der Waals surface area contributed by atoms with Gasteiger partial charge in [0.15, 0.2) is 0 Å². The minimum absolute atomic E-state index is 0.692. The highest BCUT2D eigenvalue weighted by Crippen LogP contribution is 2.28. The second-order valence-corrected chi connectivity index (χ2v) is 6.65. The maximum absolute atomic E-state index is 4.72. The average molecular weight is 279 g/mol. The molecule has 1 aliphatic carbocycles. The molecule has 106 valence electrons. The van der Waals surface area contributed by atoms with E-state index in [1.54, 1.807) is 11.3 Å². The highest BCUT2D eigenvalue weighted by Gasteiger charge is 2.28. The lowest BCUT2D eigenvalue weighted by Gasteiger charge is -2.18. The van der Waals surface area contributed by atoms with E-state index in [1.165, 1.54) is 23.5 Å². The van der Waals surface area contributed by atoms with Gasteiger partial charge in [-0.25, -0.2) is 4.98 Å². The van der Waals surface area contributed by atoms with Gasteiger partial charge in [-0.3, -0.25) is 4.90 Å². The summed E-state index contributed by atoms with van der Waals surface area (Å²) in [6.07, 6.45) is 4.66. The molecule has 1 aromatic rings. The van der Waals surface area contributed by atoms with Crippen LogP contribution >= 0.6 is 11.3 Å². The molecule has 0 bridgehead atoms. The van der Waals surface area contributed by atoms with Crippen molar-refractivity contribution in [3.8, 4) is 0 Å². The standard InChI is InChI=1S/C15H25N3S/c1-4-7-18(14-5-6-14)10-13-11-19-15(17-13)9-16-8-12(2)3/h4,11-12,14,16H,1,5-10H2,2-3H3. The Balaban J connectivity index is 1.80. The Bertz CT molecular complexity index is 396. The van der Waals surface area contributed by atoms with E-state index >= 15 is 0 Å². The first-order valence-electron chi connectivity index (χ1n) is 7.18. The van der Waals surface area contributed by atoms with Crippen molar-refractivity contribution < 1.29 is 0 Å². The predicted octanol–water partition coefficient (Wildman–Crippen LogP) is 3.04. The van der Waals surface area contributed by atoms with E-state index in [0.29, 0.717) is 5.92 Å². The summed E-state index contributed by atoms with van der Waals surface area (Å²) in [6.45, 7) is 12.2. The van der Waals surface area contributed by atoms with Crippen LogP contribution in [-0.4, -0.2) is 29.0 Å². The van der Waals surface area contributed by atoms with Crippen LogP contribution in [0.1, 0.15) is 37.4 Å². The molecule has 1 aliphatic rings. The van der Waals surface area contributed by atoms with Crippen molar-refractivity contribution in [3.05, 3.63) is 28.7 Å². The van der Waals surface area contributed by atoms with Gasteiger partial charge in [0.25, 0.3) is 0 Å². The second kappa shape index (κ2) is 7.17. The fraction of sp³-hybridized carbons (Fsp3) is 0.667. The number of aromatic nitrogens is 1. The first-order chi connectivity index (χ1) is 9.19. The third-order valence-corrected chi connectivity index (χ3v) is 4.12. The molecule has 1 aromatic heterocycles. The van der Waals surface area contributed by atoms with Crippen LogP contribution in [0.25, 0.3) is 0 Å². The maximum atomic E-state index is 4.72. The van der Waals surface area contributed by atoms with Crippen LogP contribution in [-0.2, 0) is 13.1 Å². The van der Waals surface area contributed by atoms with Crippen LogP contribution < -0.4 is 5.32 Å². The molecule has 0 radical (unpaired) electrons. The molecule has 19 heavy (non-hydrogen) atoms. The molecule has 0 aliphatic heterocycles. The zero-order valence-electron chi connectivity index (χ0n) is 12.1. The van der Waals surface area contributed by atoms with Crippen molar-refractivity contribution in [3.63, 3.8) is 0 Å². The molecule has 0 aromatic carbocycles. The van der Waals surface area contributed by atoms with Crippen LogP contribution in [0.15, 0.2) is 18.0 Å². The topological polar surface area (TPSA) is 28.2 Å². The summed E-state index contributed by atoms with van der Waals surface area (Å²) >= 11 is 1.77. The van der Waals surface area contributed by atoms with Gasteiger partial charge in [0.1, 0.15) is 5.01 Å². The van der Waals surface area contributed by atoms with E-state index in [0.717, 1.165) is 32.2 Å². The Morgan fingerprint density at radius 2 is 2.37 bits per heavy atom. The van der Waals surface area contributed by atoms with E-state index < -0.39 is 0 Å². The summed E-state index contributed by atoms with van der Waals surface area (Å²) in [5, 5.41) is 6.84. The summed E-state index contributed by atoms with van der Waals surface area (Å²) < 4.78 is 0. The van der Waals surface area contributed by atoms with Gasteiger partial charge in [-0.2, -0.15) is 0 Å². The minimum atomic E-state index is 0.692. The van der Waals surface area contributed by atoms with E-state index in [-0.39, 0.29) is 0 Å². The Hall–Kier alpha value is -0.710. The summed E-state index contributed by atoms with van der Waals surface area (Å²) in [5.74, 6) is 0.692. The van der Waals surface area contributed by atoms with Gasteiger partial charge in [-0.05, 0) is 25.3 Å². The number of nitrogens with zero attached hydrogens (tertiary/aromatic N) is 2. The summed E-state index contributed by atoms with van der Waals surface area (Å²) in [7, 11) is 0. The molecule has 0 unspecified atom stereocenters. The molecule has 1 saturated carbocycles. The third kappa shape index (κ3) is 5.05. The van der Waals surface area contributed by atoms with E-state index in [4.69, 9.17) is 4.98 Å². The Labute approximate surface area is 120 Å². The molecule has 1 N–H and O–H groups in total. The highest BCUT2D eigenvalue weighted by atomic mass is 32.1. The van der Waals surface area contributed by atoms with Gasteiger partial charge in [-0.1, -0.05) is 19.9 Å². The van der Waals surface area contributed by atoms with Crippen LogP contribution in [0.5, 0.6) is 0 Å². The minimum Gasteiger partial charge on any atom is -0.310 e. The molecule has 0 saturated heterocycles. The molecule has 3 nitrogen and oxygen atoms in total. The largest absolute Gasteiger partial charge is 0.310 e. The second-order valence-electron chi connectivity index (χ2n) is 5.71. The molecule has 1 heterocycles. The van der Waals surface area contributed by atoms with Crippen molar-refractivity contribution in [1.29, 1.82) is 0 Å². The molecule has 2 rings (SSSR count).